The first-order valence-electron chi connectivity index (χ1n) is 10.4. The van der Waals surface area contributed by atoms with Crippen molar-refractivity contribution >= 4 is 17.4 Å². The monoisotopic (exact) mass is 407 g/mol. The fourth-order valence-electron chi connectivity index (χ4n) is 4.04. The number of nitrogens with zero attached hydrogens (tertiary/aromatic N) is 5. The van der Waals surface area contributed by atoms with Crippen molar-refractivity contribution in [3.05, 3.63) is 53.9 Å². The van der Waals surface area contributed by atoms with Gasteiger partial charge in [-0.25, -0.2) is 14.3 Å². The molecular formula is C22H25N5O3. The number of likely N-dealkylation sites (N-methyl/N-ethyl adjacent to an activating group) is 1. The number of anilines is 1. The zero-order valence-corrected chi connectivity index (χ0v) is 16.9. The SMILES string of the molecule is CN1CCC(Oc2cc(N(Cc3ccccc3)C(=O)O)c3ncc(C4CC4)n3n2)C1. The average molecular weight is 407 g/mol. The van der Waals surface area contributed by atoms with Crippen LogP contribution in [0.4, 0.5) is 10.5 Å². The van der Waals surface area contributed by atoms with Crippen molar-refractivity contribution in [3.8, 4) is 5.88 Å². The molecule has 3 heterocycles. The molecule has 2 aromatic heterocycles. The van der Waals surface area contributed by atoms with Gasteiger partial charge in [-0.1, -0.05) is 30.3 Å². The van der Waals surface area contributed by atoms with E-state index < -0.39 is 6.09 Å². The third kappa shape index (κ3) is 3.70. The van der Waals surface area contributed by atoms with Crippen molar-refractivity contribution in [2.75, 3.05) is 25.0 Å². The largest absolute Gasteiger partial charge is 0.472 e. The van der Waals surface area contributed by atoms with Crippen molar-refractivity contribution in [1.82, 2.24) is 19.5 Å². The summed E-state index contributed by atoms with van der Waals surface area (Å²) < 4.78 is 7.96. The number of benzene rings is 1. The Hall–Kier alpha value is -3.13. The number of likely N-dealkylation sites (tertiary alicyclic amines) is 1. The molecule has 3 aromatic rings. The molecule has 1 atom stereocenters. The van der Waals surface area contributed by atoms with Crippen LogP contribution in [0.1, 0.15) is 36.4 Å². The molecule has 0 bridgehead atoms. The summed E-state index contributed by atoms with van der Waals surface area (Å²) in [6.45, 7) is 2.04. The van der Waals surface area contributed by atoms with Crippen molar-refractivity contribution in [2.24, 2.45) is 0 Å². The average Bonchev–Trinajstić information content (AvgIpc) is 3.36. The lowest BCUT2D eigenvalue weighted by Crippen LogP contribution is -2.29. The summed E-state index contributed by atoms with van der Waals surface area (Å²) in [5, 5.41) is 14.7. The molecule has 1 aliphatic carbocycles. The molecule has 1 amide bonds. The van der Waals surface area contributed by atoms with E-state index in [0.29, 0.717) is 23.1 Å². The lowest BCUT2D eigenvalue weighted by molar-refractivity contribution is 0.196. The van der Waals surface area contributed by atoms with Gasteiger partial charge in [0.25, 0.3) is 0 Å². The number of fused-ring (bicyclic) bond motifs is 1. The fourth-order valence-corrected chi connectivity index (χ4v) is 4.04. The van der Waals surface area contributed by atoms with Crippen LogP contribution >= 0.6 is 0 Å². The van der Waals surface area contributed by atoms with Crippen molar-refractivity contribution in [3.63, 3.8) is 0 Å². The third-order valence-corrected chi connectivity index (χ3v) is 5.79. The van der Waals surface area contributed by atoms with Crippen LogP contribution in [0.3, 0.4) is 0 Å². The Morgan fingerprint density at radius 2 is 2.07 bits per heavy atom. The minimum Gasteiger partial charge on any atom is -0.472 e. The lowest BCUT2D eigenvalue weighted by Gasteiger charge is -2.21. The van der Waals surface area contributed by atoms with E-state index in [0.717, 1.165) is 43.6 Å². The lowest BCUT2D eigenvalue weighted by atomic mass is 10.2. The normalized spacial score (nSPS) is 19.3. The maximum Gasteiger partial charge on any atom is 0.412 e. The highest BCUT2D eigenvalue weighted by Gasteiger charge is 2.30. The van der Waals surface area contributed by atoms with Crippen LogP contribution in [0.25, 0.3) is 5.65 Å². The van der Waals surface area contributed by atoms with E-state index in [-0.39, 0.29) is 12.6 Å². The predicted octanol–water partition coefficient (Wildman–Crippen LogP) is 3.37. The Kier molecular flexibility index (Phi) is 4.78. The van der Waals surface area contributed by atoms with E-state index in [1.807, 2.05) is 36.5 Å². The highest BCUT2D eigenvalue weighted by atomic mass is 16.5. The minimum atomic E-state index is -1.03. The van der Waals surface area contributed by atoms with Crippen LogP contribution in [-0.2, 0) is 6.54 Å². The summed E-state index contributed by atoms with van der Waals surface area (Å²) in [4.78, 5) is 20.3. The Labute approximate surface area is 174 Å². The molecule has 1 saturated heterocycles. The maximum atomic E-state index is 12.2. The van der Waals surface area contributed by atoms with E-state index in [2.05, 4.69) is 22.0 Å². The summed E-state index contributed by atoms with van der Waals surface area (Å²) in [5.41, 5.74) is 2.97. The molecule has 1 aliphatic heterocycles. The molecule has 8 heteroatoms. The van der Waals surface area contributed by atoms with Gasteiger partial charge in [0, 0.05) is 25.1 Å². The number of imidazole rings is 1. The molecule has 1 aromatic carbocycles. The maximum absolute atomic E-state index is 12.2. The Morgan fingerprint density at radius 3 is 2.73 bits per heavy atom. The van der Waals surface area contributed by atoms with Crippen molar-refractivity contribution in [1.29, 1.82) is 0 Å². The predicted molar refractivity (Wildman–Crippen MR) is 112 cm³/mol. The number of hydrogen-bond acceptors (Lipinski definition) is 5. The second kappa shape index (κ2) is 7.60. The summed E-state index contributed by atoms with van der Waals surface area (Å²) in [7, 11) is 2.07. The van der Waals surface area contributed by atoms with Gasteiger partial charge in [0.05, 0.1) is 24.1 Å². The zero-order valence-electron chi connectivity index (χ0n) is 16.9. The number of rotatable bonds is 6. The van der Waals surface area contributed by atoms with Gasteiger partial charge in [0.1, 0.15) is 6.10 Å². The van der Waals surface area contributed by atoms with E-state index >= 15 is 0 Å². The molecule has 2 fully saturated rings. The molecule has 2 aliphatic rings. The zero-order chi connectivity index (χ0) is 20.7. The topological polar surface area (TPSA) is 83.2 Å². The summed E-state index contributed by atoms with van der Waals surface area (Å²) >= 11 is 0. The second-order valence-electron chi connectivity index (χ2n) is 8.21. The number of hydrogen-bond donors (Lipinski definition) is 1. The summed E-state index contributed by atoms with van der Waals surface area (Å²) in [5.74, 6) is 0.873. The van der Waals surface area contributed by atoms with Gasteiger partial charge in [-0.05, 0) is 31.9 Å². The van der Waals surface area contributed by atoms with Crippen molar-refractivity contribution < 1.29 is 14.6 Å². The standard InChI is InChI=1S/C22H25N5O3/c1-25-10-9-17(14-25)30-20-11-18(21-23-12-19(16-7-8-16)27(21)24-20)26(22(28)29)13-15-5-3-2-4-6-15/h2-6,11-12,16-17H,7-10,13-14H2,1H3,(H,28,29). The highest BCUT2D eigenvalue weighted by molar-refractivity contribution is 5.91. The smallest absolute Gasteiger partial charge is 0.412 e. The van der Waals surface area contributed by atoms with Crippen LogP contribution < -0.4 is 9.64 Å². The summed E-state index contributed by atoms with van der Waals surface area (Å²) in [6.07, 6.45) is 3.98. The van der Waals surface area contributed by atoms with Gasteiger partial charge in [0.2, 0.25) is 5.88 Å². The first kappa shape index (κ1) is 18.9. The van der Waals surface area contributed by atoms with Crippen LogP contribution in [0.15, 0.2) is 42.6 Å². The van der Waals surface area contributed by atoms with Crippen molar-refractivity contribution in [2.45, 2.75) is 37.8 Å². The molecule has 1 saturated carbocycles. The Morgan fingerprint density at radius 1 is 1.27 bits per heavy atom. The number of amides is 1. The van der Waals surface area contributed by atoms with Gasteiger partial charge in [-0.15, -0.1) is 5.10 Å². The number of carboxylic acid groups (broad SMARTS) is 1. The number of ether oxygens (including phenoxy) is 1. The van der Waals surface area contributed by atoms with E-state index in [1.54, 1.807) is 10.6 Å². The molecule has 0 radical (unpaired) electrons. The number of aromatic nitrogens is 3. The molecule has 1 unspecified atom stereocenters. The quantitative estimate of drug-likeness (QED) is 0.675. The molecule has 5 rings (SSSR count). The first-order valence-corrected chi connectivity index (χ1v) is 10.4. The minimum absolute atomic E-state index is 0.0492. The van der Waals surface area contributed by atoms with Gasteiger partial charge >= 0.3 is 6.09 Å². The fraction of sp³-hybridized carbons (Fsp3) is 0.409. The summed E-state index contributed by atoms with van der Waals surface area (Å²) in [6, 6.07) is 11.3. The number of carbonyl (C=O) groups is 1. The molecule has 0 spiro atoms. The van der Waals surface area contributed by atoms with Gasteiger partial charge in [-0.2, -0.15) is 0 Å². The van der Waals surface area contributed by atoms with E-state index in [9.17, 15) is 9.90 Å². The van der Waals surface area contributed by atoms with Gasteiger partial charge < -0.3 is 14.7 Å². The van der Waals surface area contributed by atoms with Crippen LogP contribution in [0, 0.1) is 0 Å². The molecule has 30 heavy (non-hydrogen) atoms. The molecule has 1 N–H and O–H groups in total. The van der Waals surface area contributed by atoms with E-state index in [4.69, 9.17) is 4.74 Å². The molecular weight excluding hydrogens is 382 g/mol. The molecule has 156 valence electrons. The first-order chi connectivity index (χ1) is 14.6. The highest BCUT2D eigenvalue weighted by Crippen LogP contribution is 2.41. The molecule has 8 nitrogen and oxygen atoms in total. The van der Waals surface area contributed by atoms with Gasteiger partial charge in [-0.3, -0.25) is 4.90 Å². The van der Waals surface area contributed by atoms with E-state index in [1.165, 1.54) is 4.90 Å². The van der Waals surface area contributed by atoms with Crippen LogP contribution in [0.5, 0.6) is 5.88 Å². The Balaban J connectivity index is 1.56. The van der Waals surface area contributed by atoms with Gasteiger partial charge in [0.15, 0.2) is 5.65 Å². The second-order valence-corrected chi connectivity index (χ2v) is 8.21. The third-order valence-electron chi connectivity index (χ3n) is 5.79. The van der Waals surface area contributed by atoms with Crippen LogP contribution in [-0.4, -0.2) is 56.9 Å². The van der Waals surface area contributed by atoms with Crippen LogP contribution in [0.2, 0.25) is 0 Å². The Bertz CT molecular complexity index is 1060.